The molecule has 9 rings (SSSR count). The average molecular weight is 657 g/mol. The van der Waals surface area contributed by atoms with E-state index in [1.54, 1.807) is 0 Å². The molecule has 2 nitrogen and oxygen atoms in total. The van der Waals surface area contributed by atoms with Crippen LogP contribution in [0.2, 0.25) is 0 Å². The van der Waals surface area contributed by atoms with E-state index in [2.05, 4.69) is 191 Å². The maximum Gasteiger partial charge on any atom is 0.252 e. The highest BCUT2D eigenvalue weighted by atomic mass is 15.2. The smallest absolute Gasteiger partial charge is 0.252 e. The Bertz CT molecular complexity index is 2440. The molecule has 0 radical (unpaired) electrons. The van der Waals surface area contributed by atoms with E-state index in [4.69, 9.17) is 0 Å². The van der Waals surface area contributed by atoms with Crippen molar-refractivity contribution in [1.82, 2.24) is 0 Å². The van der Waals surface area contributed by atoms with E-state index in [0.717, 1.165) is 11.4 Å². The van der Waals surface area contributed by atoms with Crippen molar-refractivity contribution in [3.8, 4) is 22.3 Å². The molecule has 0 amide bonds. The predicted octanol–water partition coefficient (Wildman–Crippen LogP) is 11.0. The number of hydrogen-bond acceptors (Lipinski definition) is 2. The molecule has 3 heteroatoms. The molecule has 0 unspecified atom stereocenters. The quantitative estimate of drug-likeness (QED) is 0.174. The van der Waals surface area contributed by atoms with Crippen molar-refractivity contribution in [2.24, 2.45) is 0 Å². The summed E-state index contributed by atoms with van der Waals surface area (Å²) in [5, 5.41) is 0. The maximum atomic E-state index is 2.52. The van der Waals surface area contributed by atoms with Gasteiger partial charge in [-0.2, -0.15) is 0 Å². The average Bonchev–Trinajstić information content (AvgIpc) is 3.11. The number of hydrogen-bond donors (Lipinski definition) is 0. The summed E-state index contributed by atoms with van der Waals surface area (Å²) in [6, 6.07) is 52.3. The predicted molar refractivity (Wildman–Crippen MR) is 220 cm³/mol. The van der Waals surface area contributed by atoms with Gasteiger partial charge in [0.25, 0.3) is 6.71 Å². The first-order valence-corrected chi connectivity index (χ1v) is 18.1. The topological polar surface area (TPSA) is 6.48 Å². The molecule has 0 fully saturated rings. The highest BCUT2D eigenvalue weighted by molar-refractivity contribution is 7.00. The van der Waals surface area contributed by atoms with Gasteiger partial charge in [-0.25, -0.2) is 0 Å². The van der Waals surface area contributed by atoms with Gasteiger partial charge in [-0.3, -0.25) is 0 Å². The van der Waals surface area contributed by atoms with Gasteiger partial charge in [-0.05, 0) is 151 Å². The summed E-state index contributed by atoms with van der Waals surface area (Å²) in [4.78, 5) is 5.02. The molecule has 0 atom stereocenters. The molecule has 2 heterocycles. The number of rotatable bonds is 4. The van der Waals surface area contributed by atoms with Gasteiger partial charge < -0.3 is 9.80 Å². The van der Waals surface area contributed by atoms with Gasteiger partial charge in [0.1, 0.15) is 0 Å². The Kier molecular flexibility index (Phi) is 7.29. The van der Waals surface area contributed by atoms with Gasteiger partial charge in [0.15, 0.2) is 0 Å². The fourth-order valence-electron chi connectivity index (χ4n) is 9.23. The number of nitrogens with zero attached hydrogens (tertiary/aromatic N) is 2. The molecule has 7 aromatic carbocycles. The molecule has 0 saturated carbocycles. The van der Waals surface area contributed by atoms with E-state index in [9.17, 15) is 0 Å². The molecule has 0 spiro atoms. The highest BCUT2D eigenvalue weighted by Crippen LogP contribution is 2.47. The minimum atomic E-state index is 0.0568. The van der Waals surface area contributed by atoms with Crippen LogP contribution in [0.3, 0.4) is 0 Å². The van der Waals surface area contributed by atoms with Crippen LogP contribution in [0.1, 0.15) is 33.4 Å². The Balaban J connectivity index is 1.41. The van der Waals surface area contributed by atoms with E-state index in [0.29, 0.717) is 0 Å². The Morgan fingerprint density at radius 3 is 1.35 bits per heavy atom. The summed E-state index contributed by atoms with van der Waals surface area (Å²) < 4.78 is 0. The molecule has 2 aliphatic heterocycles. The molecule has 7 aromatic rings. The van der Waals surface area contributed by atoms with Crippen LogP contribution >= 0.6 is 0 Å². The Labute approximate surface area is 302 Å². The fourth-order valence-corrected chi connectivity index (χ4v) is 9.23. The highest BCUT2D eigenvalue weighted by Gasteiger charge is 2.43. The van der Waals surface area contributed by atoms with Gasteiger partial charge in [-0.1, -0.05) is 102 Å². The molecule has 0 bridgehead atoms. The minimum Gasteiger partial charge on any atom is -0.311 e. The standard InChI is InChI=1S/C48H41BN2/c1-30-23-32(3)46(33(4)24-30)36-21-22-43-41(27-36)49-40-19-13-14-20-42(40)50(38-15-9-7-10-16-38)44-28-37(47-34(5)25-31(2)26-35(47)6)29-45(48(44)49)51(43)39-17-11-8-12-18-39/h7-29H,1-6H3. The number of fused-ring (bicyclic) bond motifs is 4. The molecule has 0 saturated heterocycles. The first-order chi connectivity index (χ1) is 24.8. The van der Waals surface area contributed by atoms with E-state index in [1.807, 2.05) is 0 Å². The maximum absolute atomic E-state index is 2.52. The van der Waals surface area contributed by atoms with Gasteiger partial charge in [0.2, 0.25) is 0 Å². The SMILES string of the molecule is Cc1cc(C)c(-c2ccc3c(c2)B2c4ccccc4N(c4ccccc4)c4cc(-c5c(C)cc(C)cc5C)cc(c42)N3c2ccccc2)c(C)c1. The molecule has 2 aliphatic rings. The zero-order valence-corrected chi connectivity index (χ0v) is 30.3. The van der Waals surface area contributed by atoms with Crippen LogP contribution < -0.4 is 26.2 Å². The summed E-state index contributed by atoms with van der Waals surface area (Å²) in [6.07, 6.45) is 0. The number of anilines is 6. The second-order valence-corrected chi connectivity index (χ2v) is 14.6. The molecule has 51 heavy (non-hydrogen) atoms. The van der Waals surface area contributed by atoms with Crippen LogP contribution in [0.5, 0.6) is 0 Å². The number of para-hydroxylation sites is 3. The van der Waals surface area contributed by atoms with Crippen molar-refractivity contribution < 1.29 is 0 Å². The Hall–Kier alpha value is -5.80. The van der Waals surface area contributed by atoms with Crippen LogP contribution in [0.15, 0.2) is 140 Å². The lowest BCUT2D eigenvalue weighted by Gasteiger charge is -2.44. The summed E-state index contributed by atoms with van der Waals surface area (Å²) >= 11 is 0. The van der Waals surface area contributed by atoms with E-state index in [1.165, 1.54) is 94.8 Å². The zero-order chi connectivity index (χ0) is 35.0. The van der Waals surface area contributed by atoms with Crippen molar-refractivity contribution in [3.05, 3.63) is 173 Å². The van der Waals surface area contributed by atoms with Gasteiger partial charge in [0.05, 0.1) is 0 Å². The largest absolute Gasteiger partial charge is 0.311 e. The van der Waals surface area contributed by atoms with Crippen LogP contribution in [0, 0.1) is 41.5 Å². The summed E-state index contributed by atoms with van der Waals surface area (Å²) in [5.74, 6) is 0. The second-order valence-electron chi connectivity index (χ2n) is 14.6. The molecular weight excluding hydrogens is 615 g/mol. The van der Waals surface area contributed by atoms with Crippen molar-refractivity contribution in [1.29, 1.82) is 0 Å². The van der Waals surface area contributed by atoms with E-state index >= 15 is 0 Å². The monoisotopic (exact) mass is 656 g/mol. The van der Waals surface area contributed by atoms with Crippen molar-refractivity contribution in [2.45, 2.75) is 41.5 Å². The summed E-state index contributed by atoms with van der Waals surface area (Å²) in [5.41, 5.74) is 24.2. The van der Waals surface area contributed by atoms with Gasteiger partial charge in [-0.15, -0.1) is 0 Å². The van der Waals surface area contributed by atoms with Crippen molar-refractivity contribution in [2.75, 3.05) is 9.80 Å². The van der Waals surface area contributed by atoms with Crippen LogP contribution in [0.25, 0.3) is 22.3 Å². The van der Waals surface area contributed by atoms with Gasteiger partial charge >= 0.3 is 0 Å². The van der Waals surface area contributed by atoms with Crippen molar-refractivity contribution in [3.63, 3.8) is 0 Å². The Morgan fingerprint density at radius 1 is 0.373 bits per heavy atom. The fraction of sp³-hybridized carbons (Fsp3) is 0.125. The number of aryl methyl sites for hydroxylation is 6. The minimum absolute atomic E-state index is 0.0568. The molecule has 0 aliphatic carbocycles. The first kappa shape index (κ1) is 31.2. The normalized spacial score (nSPS) is 12.8. The van der Waals surface area contributed by atoms with Crippen LogP contribution in [-0.2, 0) is 0 Å². The van der Waals surface area contributed by atoms with Crippen molar-refractivity contribution >= 4 is 57.2 Å². The lowest BCUT2D eigenvalue weighted by atomic mass is 9.33. The Morgan fingerprint density at radius 2 is 0.824 bits per heavy atom. The van der Waals surface area contributed by atoms with Crippen LogP contribution in [0.4, 0.5) is 34.1 Å². The molecule has 0 aromatic heterocycles. The number of benzene rings is 7. The third-order valence-corrected chi connectivity index (χ3v) is 10.9. The molecule has 0 N–H and O–H groups in total. The van der Waals surface area contributed by atoms with Crippen LogP contribution in [-0.4, -0.2) is 6.71 Å². The second kappa shape index (κ2) is 11.9. The zero-order valence-electron chi connectivity index (χ0n) is 30.3. The van der Waals surface area contributed by atoms with E-state index < -0.39 is 0 Å². The third kappa shape index (κ3) is 4.94. The van der Waals surface area contributed by atoms with E-state index in [-0.39, 0.29) is 6.71 Å². The molecule has 246 valence electrons. The van der Waals surface area contributed by atoms with Gasteiger partial charge in [0, 0.05) is 34.1 Å². The lowest BCUT2D eigenvalue weighted by Crippen LogP contribution is -2.61. The lowest BCUT2D eigenvalue weighted by molar-refractivity contribution is 1.25. The first-order valence-electron chi connectivity index (χ1n) is 18.1. The summed E-state index contributed by atoms with van der Waals surface area (Å²) in [7, 11) is 0. The summed E-state index contributed by atoms with van der Waals surface area (Å²) in [6.45, 7) is 13.5. The molecular formula is C48H41BN2. The third-order valence-electron chi connectivity index (χ3n) is 10.9.